The van der Waals surface area contributed by atoms with Crippen LogP contribution in [0.15, 0.2) is 60.8 Å². The molecule has 1 amide bonds. The molecule has 0 saturated heterocycles. The van der Waals surface area contributed by atoms with Gasteiger partial charge in [-0.25, -0.2) is 0 Å². The number of rotatable bonds is 45. The average Bonchev–Trinajstić information content (AvgIpc) is 3.24. The molecule has 0 heterocycles. The van der Waals surface area contributed by atoms with Gasteiger partial charge in [0.1, 0.15) is 0 Å². The van der Waals surface area contributed by atoms with Crippen LogP contribution in [-0.2, 0) is 14.3 Å². The fourth-order valence-corrected chi connectivity index (χ4v) is 7.11. The zero-order chi connectivity index (χ0) is 43.0. The van der Waals surface area contributed by atoms with E-state index in [4.69, 9.17) is 4.74 Å². The molecule has 342 valence electrons. The first kappa shape index (κ1) is 56.6. The highest BCUT2D eigenvalue weighted by Gasteiger charge is 2.18. The second-order valence-electron chi connectivity index (χ2n) is 16.8. The number of aliphatic hydroxyl groups excluding tert-OH is 2. The molecule has 0 aromatic carbocycles. The van der Waals surface area contributed by atoms with E-state index in [0.29, 0.717) is 19.4 Å². The summed E-state index contributed by atoms with van der Waals surface area (Å²) in [5.41, 5.74) is 0. The van der Waals surface area contributed by atoms with Gasteiger partial charge in [-0.1, -0.05) is 197 Å². The Morgan fingerprint density at radius 2 is 0.915 bits per heavy atom. The van der Waals surface area contributed by atoms with E-state index < -0.39 is 12.1 Å². The van der Waals surface area contributed by atoms with Crippen LogP contribution in [0.4, 0.5) is 0 Å². The molecule has 0 rings (SSSR count). The van der Waals surface area contributed by atoms with Crippen molar-refractivity contribution in [1.29, 1.82) is 0 Å². The van der Waals surface area contributed by atoms with E-state index in [-0.39, 0.29) is 18.5 Å². The summed E-state index contributed by atoms with van der Waals surface area (Å²) in [7, 11) is 0. The van der Waals surface area contributed by atoms with Gasteiger partial charge >= 0.3 is 5.97 Å². The summed E-state index contributed by atoms with van der Waals surface area (Å²) in [5.74, 6) is -0.132. The average molecular weight is 826 g/mol. The van der Waals surface area contributed by atoms with Gasteiger partial charge in [-0.05, 0) is 89.9 Å². The van der Waals surface area contributed by atoms with Gasteiger partial charge in [0.05, 0.1) is 25.4 Å². The number of amides is 1. The van der Waals surface area contributed by atoms with Crippen molar-refractivity contribution in [1.82, 2.24) is 5.32 Å². The van der Waals surface area contributed by atoms with E-state index in [1.807, 2.05) is 6.08 Å². The van der Waals surface area contributed by atoms with E-state index in [2.05, 4.69) is 67.8 Å². The number of aliphatic hydroxyl groups is 2. The van der Waals surface area contributed by atoms with Crippen LogP contribution in [0.3, 0.4) is 0 Å². The smallest absolute Gasteiger partial charge is 0.305 e. The number of ether oxygens (including phenoxy) is 1. The number of hydrogen-bond donors (Lipinski definition) is 3. The highest BCUT2D eigenvalue weighted by atomic mass is 16.5. The summed E-state index contributed by atoms with van der Waals surface area (Å²) in [4.78, 5) is 24.4. The van der Waals surface area contributed by atoms with E-state index in [1.165, 1.54) is 122 Å². The minimum atomic E-state index is -0.859. The molecular weight excluding hydrogens is 731 g/mol. The largest absolute Gasteiger partial charge is 0.466 e. The van der Waals surface area contributed by atoms with E-state index in [0.717, 1.165) is 89.9 Å². The molecule has 0 fully saturated rings. The Bertz CT molecular complexity index is 1050. The summed E-state index contributed by atoms with van der Waals surface area (Å²) in [6, 6.07) is -0.645. The molecule has 0 spiro atoms. The predicted molar refractivity (Wildman–Crippen MR) is 255 cm³/mol. The van der Waals surface area contributed by atoms with Gasteiger partial charge in [0.2, 0.25) is 5.91 Å². The number of esters is 1. The third kappa shape index (κ3) is 44.9. The van der Waals surface area contributed by atoms with Crippen molar-refractivity contribution in [2.45, 2.75) is 251 Å². The number of nitrogens with one attached hydrogen (secondary N) is 1. The van der Waals surface area contributed by atoms with Crippen molar-refractivity contribution in [3.05, 3.63) is 60.8 Å². The minimum Gasteiger partial charge on any atom is -0.466 e. The number of allylic oxidation sites excluding steroid dienone is 9. The summed E-state index contributed by atoms with van der Waals surface area (Å²) < 4.78 is 5.42. The normalized spacial score (nSPS) is 13.2. The monoisotopic (exact) mass is 826 g/mol. The van der Waals surface area contributed by atoms with Crippen molar-refractivity contribution in [3.8, 4) is 0 Å². The molecule has 0 aromatic heterocycles. The number of unbranched alkanes of at least 4 members (excludes halogenated alkanes) is 27. The molecular formula is C53H95NO5. The number of hydrogen-bond acceptors (Lipinski definition) is 5. The van der Waals surface area contributed by atoms with Gasteiger partial charge in [-0.3, -0.25) is 9.59 Å². The van der Waals surface area contributed by atoms with Crippen LogP contribution in [-0.4, -0.2) is 47.4 Å². The first-order valence-corrected chi connectivity index (χ1v) is 25.1. The Kier molecular flexibility index (Phi) is 46.2. The van der Waals surface area contributed by atoms with Gasteiger partial charge in [-0.2, -0.15) is 0 Å². The van der Waals surface area contributed by atoms with E-state index in [9.17, 15) is 19.8 Å². The second kappa shape index (κ2) is 48.2. The zero-order valence-corrected chi connectivity index (χ0v) is 38.7. The lowest BCUT2D eigenvalue weighted by Crippen LogP contribution is -2.45. The van der Waals surface area contributed by atoms with Crippen LogP contribution in [0.5, 0.6) is 0 Å². The van der Waals surface area contributed by atoms with Crippen molar-refractivity contribution in [3.63, 3.8) is 0 Å². The van der Waals surface area contributed by atoms with E-state index >= 15 is 0 Å². The molecule has 0 radical (unpaired) electrons. The molecule has 0 aliphatic heterocycles. The number of carbonyl (C=O) groups excluding carboxylic acids is 2. The lowest BCUT2D eigenvalue weighted by atomic mass is 10.0. The minimum absolute atomic E-state index is 0.0389. The quantitative estimate of drug-likeness (QED) is 0.0246. The summed E-state index contributed by atoms with van der Waals surface area (Å²) in [6.07, 6.45) is 60.7. The summed E-state index contributed by atoms with van der Waals surface area (Å²) in [5, 5.41) is 23.0. The topological polar surface area (TPSA) is 95.9 Å². The number of carbonyl (C=O) groups is 2. The molecule has 0 aromatic rings. The van der Waals surface area contributed by atoms with Crippen LogP contribution in [0.1, 0.15) is 239 Å². The Morgan fingerprint density at radius 3 is 1.44 bits per heavy atom. The molecule has 2 atom stereocenters. The Balaban J connectivity index is 3.58. The van der Waals surface area contributed by atoms with Crippen LogP contribution in [0.25, 0.3) is 0 Å². The van der Waals surface area contributed by atoms with Gasteiger partial charge < -0.3 is 20.3 Å². The standard InChI is InChI=1S/C53H95NO5/c1-3-5-7-9-11-13-15-17-23-27-31-35-39-43-47-53(58)59-48-44-40-36-32-28-24-20-18-19-22-26-30-34-38-42-46-52(57)54-50(49-55)51(56)45-41-37-33-29-25-21-16-14-12-10-8-6-4-2/h9,11,15,17-18,20,24,28,41,45,50-51,55-56H,3-8,10,12-14,16,19,21-23,25-27,29-40,42-44,46-49H2,1-2H3,(H,54,57)/b11-9-,17-15-,20-18-,28-24-,45-41+. The van der Waals surface area contributed by atoms with Crippen molar-refractivity contribution in [2.24, 2.45) is 0 Å². The van der Waals surface area contributed by atoms with Crippen LogP contribution in [0.2, 0.25) is 0 Å². The molecule has 2 unspecified atom stereocenters. The lowest BCUT2D eigenvalue weighted by Gasteiger charge is -2.20. The van der Waals surface area contributed by atoms with Crippen LogP contribution in [0, 0.1) is 0 Å². The first-order chi connectivity index (χ1) is 29.0. The van der Waals surface area contributed by atoms with E-state index in [1.54, 1.807) is 6.08 Å². The highest BCUT2D eigenvalue weighted by Crippen LogP contribution is 2.14. The molecule has 3 N–H and O–H groups in total. The van der Waals surface area contributed by atoms with Crippen LogP contribution < -0.4 is 5.32 Å². The Morgan fingerprint density at radius 1 is 0.492 bits per heavy atom. The third-order valence-corrected chi connectivity index (χ3v) is 11.0. The molecule has 59 heavy (non-hydrogen) atoms. The fourth-order valence-electron chi connectivity index (χ4n) is 7.11. The molecule has 6 heteroatoms. The molecule has 0 saturated carbocycles. The van der Waals surface area contributed by atoms with Crippen molar-refractivity contribution < 1.29 is 24.5 Å². The third-order valence-electron chi connectivity index (χ3n) is 11.0. The Labute approximate surface area is 365 Å². The maximum atomic E-state index is 12.4. The molecule has 0 aliphatic rings. The molecule has 0 aliphatic carbocycles. The SMILES string of the molecule is CCCC/C=C\C/C=C\CCCCCCCC(=O)OCCCCC/C=C\C=C/CCCCCCCCC(=O)NC(CO)C(O)/C=C/CCCCCCCCCCCCC. The van der Waals surface area contributed by atoms with Crippen LogP contribution >= 0.6 is 0 Å². The molecule has 6 nitrogen and oxygen atoms in total. The summed E-state index contributed by atoms with van der Waals surface area (Å²) >= 11 is 0. The second-order valence-corrected chi connectivity index (χ2v) is 16.8. The predicted octanol–water partition coefficient (Wildman–Crippen LogP) is 14.8. The zero-order valence-electron chi connectivity index (χ0n) is 38.7. The maximum absolute atomic E-state index is 12.4. The molecule has 0 bridgehead atoms. The lowest BCUT2D eigenvalue weighted by molar-refractivity contribution is -0.143. The fraction of sp³-hybridized carbons (Fsp3) is 0.774. The highest BCUT2D eigenvalue weighted by molar-refractivity contribution is 5.76. The van der Waals surface area contributed by atoms with Gasteiger partial charge in [0.15, 0.2) is 0 Å². The Hall–Kier alpha value is -2.44. The van der Waals surface area contributed by atoms with Crippen molar-refractivity contribution >= 4 is 11.9 Å². The summed E-state index contributed by atoms with van der Waals surface area (Å²) in [6.45, 7) is 4.77. The van der Waals surface area contributed by atoms with Gasteiger partial charge in [0, 0.05) is 12.8 Å². The van der Waals surface area contributed by atoms with Gasteiger partial charge in [0.25, 0.3) is 0 Å². The van der Waals surface area contributed by atoms with Gasteiger partial charge in [-0.15, -0.1) is 0 Å². The first-order valence-electron chi connectivity index (χ1n) is 25.1. The van der Waals surface area contributed by atoms with Crippen molar-refractivity contribution in [2.75, 3.05) is 13.2 Å². The maximum Gasteiger partial charge on any atom is 0.305 e.